The largest absolute Gasteiger partial charge is 0.338 e. The van der Waals surface area contributed by atoms with Crippen molar-refractivity contribution in [3.63, 3.8) is 0 Å². The van der Waals surface area contributed by atoms with Crippen LogP contribution in [0.2, 0.25) is 5.02 Å². The number of nitrogens with one attached hydrogen (secondary N) is 1. The van der Waals surface area contributed by atoms with Gasteiger partial charge in [0, 0.05) is 30.9 Å². The lowest BCUT2D eigenvalue weighted by molar-refractivity contribution is 0.0607. The Morgan fingerprint density at radius 2 is 1.88 bits per heavy atom. The zero-order valence-corrected chi connectivity index (χ0v) is 16.4. The highest BCUT2D eigenvalue weighted by Gasteiger charge is 2.38. The van der Waals surface area contributed by atoms with Crippen molar-refractivity contribution >= 4 is 29.9 Å². The van der Waals surface area contributed by atoms with Crippen molar-refractivity contribution in [1.29, 1.82) is 0 Å². The molecule has 2 aliphatic heterocycles. The normalized spacial score (nSPS) is 18.8. The maximum Gasteiger partial charge on any atom is 0.257 e. The van der Waals surface area contributed by atoms with Gasteiger partial charge < -0.3 is 10.2 Å². The summed E-state index contributed by atoms with van der Waals surface area (Å²) in [5.74, 6) is 0.0959. The summed E-state index contributed by atoms with van der Waals surface area (Å²) in [5, 5.41) is 8.67. The third kappa shape index (κ3) is 3.61. The molecule has 7 heteroatoms. The van der Waals surface area contributed by atoms with Crippen molar-refractivity contribution in [2.45, 2.75) is 26.2 Å². The van der Waals surface area contributed by atoms with E-state index in [0.717, 1.165) is 50.4 Å². The molecule has 0 saturated carbocycles. The zero-order valence-electron chi connectivity index (χ0n) is 14.9. The van der Waals surface area contributed by atoms with Crippen LogP contribution in [-0.2, 0) is 0 Å². The van der Waals surface area contributed by atoms with E-state index in [0.29, 0.717) is 16.0 Å². The highest BCUT2D eigenvalue weighted by atomic mass is 35.5. The summed E-state index contributed by atoms with van der Waals surface area (Å²) in [6.07, 6.45) is 5.26. The van der Waals surface area contributed by atoms with Gasteiger partial charge in [0.15, 0.2) is 0 Å². The van der Waals surface area contributed by atoms with E-state index in [1.807, 2.05) is 42.3 Å². The number of halogens is 2. The van der Waals surface area contributed by atoms with Crippen LogP contribution in [0.5, 0.6) is 0 Å². The smallest absolute Gasteiger partial charge is 0.257 e. The van der Waals surface area contributed by atoms with Crippen LogP contribution in [0.4, 0.5) is 0 Å². The number of rotatable bonds is 2. The molecule has 1 N–H and O–H groups in total. The van der Waals surface area contributed by atoms with Crippen LogP contribution in [0.1, 0.15) is 35.3 Å². The molecule has 1 amide bonds. The monoisotopic (exact) mass is 394 g/mol. The highest BCUT2D eigenvalue weighted by Crippen LogP contribution is 2.37. The van der Waals surface area contributed by atoms with E-state index in [2.05, 4.69) is 10.4 Å². The van der Waals surface area contributed by atoms with E-state index in [1.165, 1.54) is 6.42 Å². The van der Waals surface area contributed by atoms with E-state index >= 15 is 0 Å². The van der Waals surface area contributed by atoms with Crippen molar-refractivity contribution < 1.29 is 4.79 Å². The molecule has 1 aromatic carbocycles. The fraction of sp³-hybridized carbons (Fsp3) is 0.474. The van der Waals surface area contributed by atoms with Gasteiger partial charge in [-0.25, -0.2) is 4.68 Å². The Morgan fingerprint density at radius 3 is 2.50 bits per heavy atom. The molecule has 2 aliphatic rings. The molecule has 4 rings (SSSR count). The standard InChI is InChI=1S/C19H23ClN4O.ClH/c1-14-17(12-24(22-14)16-4-2-15(20)3-5-16)18(25)23-10-7-19(8-11-23)6-9-21-13-19;/h2-5,12,21H,6-11,13H2,1H3;1H. The number of aryl methyl sites for hydroxylation is 1. The van der Waals surface area contributed by atoms with Crippen LogP contribution < -0.4 is 5.32 Å². The van der Waals surface area contributed by atoms with Gasteiger partial charge in [-0.05, 0) is 62.4 Å². The fourth-order valence-electron chi connectivity index (χ4n) is 3.97. The maximum absolute atomic E-state index is 13.0. The minimum atomic E-state index is 0. The van der Waals surface area contributed by atoms with Crippen LogP contribution in [0.15, 0.2) is 30.5 Å². The SMILES string of the molecule is Cc1nn(-c2ccc(Cl)cc2)cc1C(=O)N1CCC2(CCNC2)CC1.Cl. The van der Waals surface area contributed by atoms with Crippen LogP contribution in [0.25, 0.3) is 5.69 Å². The van der Waals surface area contributed by atoms with Crippen molar-refractivity contribution in [3.05, 3.63) is 46.7 Å². The van der Waals surface area contributed by atoms with E-state index in [4.69, 9.17) is 11.6 Å². The molecule has 2 fully saturated rings. The van der Waals surface area contributed by atoms with Gasteiger partial charge in [0.25, 0.3) is 5.91 Å². The minimum Gasteiger partial charge on any atom is -0.338 e. The first-order valence-electron chi connectivity index (χ1n) is 8.89. The molecule has 0 aliphatic carbocycles. The first-order chi connectivity index (χ1) is 12.1. The average Bonchev–Trinajstić information content (AvgIpc) is 3.23. The van der Waals surface area contributed by atoms with Crippen molar-refractivity contribution in [2.24, 2.45) is 5.41 Å². The quantitative estimate of drug-likeness (QED) is 0.847. The Kier molecular flexibility index (Phi) is 5.61. The number of nitrogens with zero attached hydrogens (tertiary/aromatic N) is 3. The highest BCUT2D eigenvalue weighted by molar-refractivity contribution is 6.30. The molecule has 2 aromatic rings. The Balaban J connectivity index is 0.00000196. The van der Waals surface area contributed by atoms with Gasteiger partial charge in [0.05, 0.1) is 16.9 Å². The molecule has 1 aromatic heterocycles. The van der Waals surface area contributed by atoms with Crippen molar-refractivity contribution in [2.75, 3.05) is 26.2 Å². The van der Waals surface area contributed by atoms with Gasteiger partial charge in [-0.3, -0.25) is 4.79 Å². The summed E-state index contributed by atoms with van der Waals surface area (Å²) in [6, 6.07) is 7.46. The number of likely N-dealkylation sites (tertiary alicyclic amines) is 1. The first kappa shape index (κ1) is 19.2. The Labute approximate surface area is 165 Å². The molecule has 140 valence electrons. The van der Waals surface area contributed by atoms with Gasteiger partial charge in [-0.2, -0.15) is 5.10 Å². The molecule has 26 heavy (non-hydrogen) atoms. The summed E-state index contributed by atoms with van der Waals surface area (Å²) in [4.78, 5) is 14.9. The number of aromatic nitrogens is 2. The molecule has 0 atom stereocenters. The van der Waals surface area contributed by atoms with Crippen LogP contribution >= 0.6 is 24.0 Å². The summed E-state index contributed by atoms with van der Waals surface area (Å²) < 4.78 is 1.76. The van der Waals surface area contributed by atoms with E-state index in [-0.39, 0.29) is 18.3 Å². The van der Waals surface area contributed by atoms with Gasteiger partial charge in [0.1, 0.15) is 0 Å². The van der Waals surface area contributed by atoms with Crippen molar-refractivity contribution in [3.8, 4) is 5.69 Å². The first-order valence-corrected chi connectivity index (χ1v) is 9.26. The molecule has 0 bridgehead atoms. The van der Waals surface area contributed by atoms with E-state index < -0.39 is 0 Å². The van der Waals surface area contributed by atoms with Crippen LogP contribution in [-0.4, -0.2) is 46.8 Å². The number of amides is 1. The minimum absolute atomic E-state index is 0. The average molecular weight is 395 g/mol. The second-order valence-corrected chi connectivity index (χ2v) is 7.70. The lowest BCUT2D eigenvalue weighted by Gasteiger charge is -2.38. The second kappa shape index (κ2) is 7.59. The van der Waals surface area contributed by atoms with Gasteiger partial charge in [-0.1, -0.05) is 11.6 Å². The maximum atomic E-state index is 13.0. The molecule has 3 heterocycles. The Hall–Kier alpha value is -1.56. The lowest BCUT2D eigenvalue weighted by atomic mass is 9.78. The van der Waals surface area contributed by atoms with Crippen molar-refractivity contribution in [1.82, 2.24) is 20.0 Å². The summed E-state index contributed by atoms with van der Waals surface area (Å²) in [5.41, 5.74) is 2.78. The number of benzene rings is 1. The molecule has 2 saturated heterocycles. The predicted molar refractivity (Wildman–Crippen MR) is 106 cm³/mol. The number of hydrogen-bond donors (Lipinski definition) is 1. The number of carbonyl (C=O) groups is 1. The number of hydrogen-bond acceptors (Lipinski definition) is 3. The molecular formula is C19H24Cl2N4O. The molecule has 0 unspecified atom stereocenters. The third-order valence-electron chi connectivity index (χ3n) is 5.66. The summed E-state index contributed by atoms with van der Waals surface area (Å²) >= 11 is 5.94. The van der Waals surface area contributed by atoms with E-state index in [1.54, 1.807) is 4.68 Å². The second-order valence-electron chi connectivity index (χ2n) is 7.27. The number of carbonyl (C=O) groups excluding carboxylic acids is 1. The summed E-state index contributed by atoms with van der Waals surface area (Å²) in [6.45, 7) is 5.79. The summed E-state index contributed by atoms with van der Waals surface area (Å²) in [7, 11) is 0. The van der Waals surface area contributed by atoms with Crippen LogP contribution in [0, 0.1) is 12.3 Å². The topological polar surface area (TPSA) is 50.2 Å². The molecule has 0 radical (unpaired) electrons. The van der Waals surface area contributed by atoms with Gasteiger partial charge in [-0.15, -0.1) is 12.4 Å². The van der Waals surface area contributed by atoms with Crippen LogP contribution in [0.3, 0.4) is 0 Å². The molecule has 5 nitrogen and oxygen atoms in total. The Morgan fingerprint density at radius 1 is 1.19 bits per heavy atom. The third-order valence-corrected chi connectivity index (χ3v) is 5.92. The predicted octanol–water partition coefficient (Wildman–Crippen LogP) is 3.47. The van der Waals surface area contributed by atoms with Gasteiger partial charge >= 0.3 is 0 Å². The lowest BCUT2D eigenvalue weighted by Crippen LogP contribution is -2.44. The van der Waals surface area contributed by atoms with E-state index in [9.17, 15) is 4.79 Å². The van der Waals surface area contributed by atoms with Gasteiger partial charge in [0.2, 0.25) is 0 Å². The molecule has 1 spiro atoms. The fourth-order valence-corrected chi connectivity index (χ4v) is 4.10. The number of piperidine rings is 1. The Bertz CT molecular complexity index is 771. The molecular weight excluding hydrogens is 371 g/mol. The zero-order chi connectivity index (χ0) is 17.4.